The zero-order valence-electron chi connectivity index (χ0n) is 22.6. The van der Waals surface area contributed by atoms with Gasteiger partial charge in [0.15, 0.2) is 0 Å². The Labute approximate surface area is 203 Å². The molecule has 0 aromatic rings. The SMILES string of the molecule is CN[C@@H]1CC[C@@]2(C)[C@H]3CC[C@@]4(C)[C@H](CC[C@H]4[C@@H](C)N(C)C)[C@@H]3CC[C@H]2[C@@H]1OC(=O)C=C(C)C. The van der Waals surface area contributed by atoms with Crippen LogP contribution < -0.4 is 5.32 Å². The first-order chi connectivity index (χ1) is 15.5. The molecule has 10 atom stereocenters. The summed E-state index contributed by atoms with van der Waals surface area (Å²) >= 11 is 0. The second-order valence-corrected chi connectivity index (χ2v) is 13.1. The van der Waals surface area contributed by atoms with Crippen LogP contribution in [0.4, 0.5) is 0 Å². The van der Waals surface area contributed by atoms with Gasteiger partial charge in [-0.2, -0.15) is 0 Å². The Balaban J connectivity index is 1.57. The highest BCUT2D eigenvalue weighted by Crippen LogP contribution is 2.68. The number of hydrogen-bond donors (Lipinski definition) is 1. The van der Waals surface area contributed by atoms with Gasteiger partial charge >= 0.3 is 5.97 Å². The lowest BCUT2D eigenvalue weighted by Gasteiger charge is -2.62. The van der Waals surface area contributed by atoms with Gasteiger partial charge < -0.3 is 15.0 Å². The molecule has 4 aliphatic carbocycles. The molecule has 0 spiro atoms. The van der Waals surface area contributed by atoms with Gasteiger partial charge in [-0.15, -0.1) is 0 Å². The number of likely N-dealkylation sites (N-methyl/N-ethyl adjacent to an activating group) is 1. The number of allylic oxidation sites excluding steroid dienone is 1. The fraction of sp³-hybridized carbons (Fsp3) is 0.897. The summed E-state index contributed by atoms with van der Waals surface area (Å²) in [5.74, 6) is 3.65. The summed E-state index contributed by atoms with van der Waals surface area (Å²) in [7, 11) is 6.56. The zero-order chi connectivity index (χ0) is 24.1. The molecule has 0 aromatic carbocycles. The largest absolute Gasteiger partial charge is 0.457 e. The molecule has 4 aliphatic rings. The first kappa shape index (κ1) is 25.2. The number of nitrogens with one attached hydrogen (secondary N) is 1. The Morgan fingerprint density at radius 3 is 2.24 bits per heavy atom. The van der Waals surface area contributed by atoms with Crippen LogP contribution in [0.1, 0.15) is 86.0 Å². The number of esters is 1. The van der Waals surface area contributed by atoms with Crippen LogP contribution in [0.5, 0.6) is 0 Å². The van der Waals surface area contributed by atoms with Crippen LogP contribution >= 0.6 is 0 Å². The molecule has 0 unspecified atom stereocenters. The van der Waals surface area contributed by atoms with Crippen LogP contribution in [-0.2, 0) is 9.53 Å². The van der Waals surface area contributed by atoms with Crippen molar-refractivity contribution >= 4 is 5.97 Å². The van der Waals surface area contributed by atoms with Crippen LogP contribution in [-0.4, -0.2) is 50.2 Å². The fourth-order valence-corrected chi connectivity index (χ4v) is 9.38. The summed E-state index contributed by atoms with van der Waals surface area (Å²) in [6, 6.07) is 0.938. The second-order valence-electron chi connectivity index (χ2n) is 13.1. The number of carbonyl (C=O) groups excluding carboxylic acids is 1. The third-order valence-electron chi connectivity index (χ3n) is 11.2. The molecule has 1 N–H and O–H groups in total. The normalized spacial score (nSPS) is 45.5. The van der Waals surface area contributed by atoms with E-state index in [9.17, 15) is 4.79 Å². The highest BCUT2D eigenvalue weighted by Gasteiger charge is 2.62. The van der Waals surface area contributed by atoms with Crippen LogP contribution in [0.25, 0.3) is 0 Å². The van der Waals surface area contributed by atoms with Crippen molar-refractivity contribution in [1.29, 1.82) is 0 Å². The van der Waals surface area contributed by atoms with Gasteiger partial charge in [0.2, 0.25) is 0 Å². The highest BCUT2D eigenvalue weighted by atomic mass is 16.5. The van der Waals surface area contributed by atoms with E-state index in [1.54, 1.807) is 6.08 Å². The third-order valence-corrected chi connectivity index (χ3v) is 11.2. The third kappa shape index (κ3) is 4.22. The average Bonchev–Trinajstić information content (AvgIpc) is 3.09. The van der Waals surface area contributed by atoms with Crippen molar-refractivity contribution in [2.45, 2.75) is 104 Å². The summed E-state index contributed by atoms with van der Waals surface area (Å²) in [5, 5.41) is 3.50. The van der Waals surface area contributed by atoms with E-state index in [-0.39, 0.29) is 18.1 Å². The molecule has 33 heavy (non-hydrogen) atoms. The summed E-state index contributed by atoms with van der Waals surface area (Å²) in [5.41, 5.74) is 1.79. The maximum Gasteiger partial charge on any atom is 0.331 e. The van der Waals surface area contributed by atoms with E-state index in [0.717, 1.165) is 35.7 Å². The molecule has 4 nitrogen and oxygen atoms in total. The monoisotopic (exact) mass is 458 g/mol. The number of fused-ring (bicyclic) bond motifs is 5. The molecular formula is C29H50N2O2. The van der Waals surface area contributed by atoms with Crippen molar-refractivity contribution in [1.82, 2.24) is 10.2 Å². The fourth-order valence-electron chi connectivity index (χ4n) is 9.38. The lowest BCUT2D eigenvalue weighted by atomic mass is 9.44. The van der Waals surface area contributed by atoms with Gasteiger partial charge in [0.25, 0.3) is 0 Å². The molecule has 0 aliphatic heterocycles. The summed E-state index contributed by atoms with van der Waals surface area (Å²) < 4.78 is 6.22. The van der Waals surface area contributed by atoms with Crippen LogP contribution in [0.2, 0.25) is 0 Å². The Hall–Kier alpha value is -0.870. The van der Waals surface area contributed by atoms with E-state index < -0.39 is 0 Å². The van der Waals surface area contributed by atoms with E-state index in [1.807, 2.05) is 20.9 Å². The van der Waals surface area contributed by atoms with Crippen molar-refractivity contribution in [3.05, 3.63) is 11.6 Å². The van der Waals surface area contributed by atoms with E-state index in [2.05, 4.69) is 45.1 Å². The van der Waals surface area contributed by atoms with Gasteiger partial charge in [0.05, 0.1) is 0 Å². The summed E-state index contributed by atoms with van der Waals surface area (Å²) in [4.78, 5) is 15.1. The molecule has 0 aromatic heterocycles. The van der Waals surface area contributed by atoms with E-state index in [4.69, 9.17) is 4.74 Å². The molecule has 4 rings (SSSR count). The highest BCUT2D eigenvalue weighted by molar-refractivity contribution is 5.82. The lowest BCUT2D eigenvalue weighted by molar-refractivity contribution is -0.177. The van der Waals surface area contributed by atoms with Crippen LogP contribution in [0.15, 0.2) is 11.6 Å². The Bertz CT molecular complexity index is 759. The van der Waals surface area contributed by atoms with Gasteiger partial charge in [-0.05, 0) is 128 Å². The van der Waals surface area contributed by atoms with Crippen molar-refractivity contribution in [2.24, 2.45) is 40.4 Å². The number of rotatable bonds is 5. The molecular weight excluding hydrogens is 408 g/mol. The maximum absolute atomic E-state index is 12.7. The van der Waals surface area contributed by atoms with E-state index >= 15 is 0 Å². The molecule has 0 bridgehead atoms. The van der Waals surface area contributed by atoms with Crippen molar-refractivity contribution < 1.29 is 9.53 Å². The van der Waals surface area contributed by atoms with Crippen molar-refractivity contribution in [2.75, 3.05) is 21.1 Å². The Kier molecular flexibility index (Phi) is 7.11. The van der Waals surface area contributed by atoms with E-state index in [1.165, 1.54) is 44.9 Å². The van der Waals surface area contributed by atoms with Gasteiger partial charge in [-0.3, -0.25) is 0 Å². The standard InChI is InChI=1S/C29H50N2O2/c1-18(2)17-26(32)33-27-24-10-9-20-22-12-11-21(19(3)31(7)8)28(22,4)15-13-23(20)29(24,5)16-14-25(27)30-6/h17,19-25,27,30H,9-16H2,1-8H3/t19-,20+,21+,22-,23+,24+,25-,27+,28-,29+/m1/s1. The second kappa shape index (κ2) is 9.30. The predicted octanol–water partition coefficient (Wildman–Crippen LogP) is 5.67. The maximum atomic E-state index is 12.7. The Morgan fingerprint density at radius 1 is 0.970 bits per heavy atom. The van der Waals surface area contributed by atoms with Gasteiger partial charge in [0.1, 0.15) is 6.10 Å². The number of nitrogens with zero attached hydrogens (tertiary/aromatic N) is 1. The summed E-state index contributed by atoms with van der Waals surface area (Å²) in [6.45, 7) is 11.6. The minimum absolute atomic E-state index is 0.00352. The average molecular weight is 459 g/mol. The van der Waals surface area contributed by atoms with Crippen LogP contribution in [0, 0.1) is 40.4 Å². The smallest absolute Gasteiger partial charge is 0.331 e. The number of ether oxygens (including phenoxy) is 1. The minimum atomic E-state index is -0.154. The molecule has 0 amide bonds. The summed E-state index contributed by atoms with van der Waals surface area (Å²) in [6.07, 6.45) is 12.1. The van der Waals surface area contributed by atoms with Crippen LogP contribution in [0.3, 0.4) is 0 Å². The molecule has 4 saturated carbocycles. The van der Waals surface area contributed by atoms with Crippen molar-refractivity contribution in [3.63, 3.8) is 0 Å². The van der Waals surface area contributed by atoms with Gasteiger partial charge in [-0.25, -0.2) is 4.79 Å². The molecule has 0 heterocycles. The molecule has 0 radical (unpaired) electrons. The first-order valence-corrected chi connectivity index (χ1v) is 13.7. The topological polar surface area (TPSA) is 41.6 Å². The van der Waals surface area contributed by atoms with Crippen molar-refractivity contribution in [3.8, 4) is 0 Å². The van der Waals surface area contributed by atoms with Gasteiger partial charge in [0, 0.05) is 24.1 Å². The zero-order valence-corrected chi connectivity index (χ0v) is 22.6. The molecule has 4 heteroatoms. The quantitative estimate of drug-likeness (QED) is 0.426. The first-order valence-electron chi connectivity index (χ1n) is 13.7. The Morgan fingerprint density at radius 2 is 1.61 bits per heavy atom. The molecule has 4 fully saturated rings. The molecule has 0 saturated heterocycles. The van der Waals surface area contributed by atoms with E-state index in [0.29, 0.717) is 22.8 Å². The lowest BCUT2D eigenvalue weighted by Crippen LogP contribution is -2.61. The number of carbonyl (C=O) groups is 1. The minimum Gasteiger partial charge on any atom is -0.457 e. The number of hydrogen-bond acceptors (Lipinski definition) is 4. The predicted molar refractivity (Wildman–Crippen MR) is 136 cm³/mol. The van der Waals surface area contributed by atoms with Gasteiger partial charge in [-0.1, -0.05) is 19.4 Å². The molecule has 188 valence electrons.